The zero-order valence-electron chi connectivity index (χ0n) is 24.0. The lowest BCUT2D eigenvalue weighted by Crippen LogP contribution is -1.99. The molecule has 0 radical (unpaired) electrons. The molecule has 0 saturated heterocycles. The summed E-state index contributed by atoms with van der Waals surface area (Å²) in [5.74, 6) is 0. The van der Waals surface area contributed by atoms with E-state index in [-0.39, 0.29) is 0 Å². The third-order valence-corrected chi connectivity index (χ3v) is 9.65. The van der Waals surface area contributed by atoms with E-state index < -0.39 is 0 Å². The van der Waals surface area contributed by atoms with E-state index in [2.05, 4.69) is 142 Å². The average molecular weight is 574 g/mol. The summed E-state index contributed by atoms with van der Waals surface area (Å²) in [5, 5.41) is 11.9. The number of fused-ring (bicyclic) bond motifs is 18. The molecule has 0 unspecified atom stereocenters. The predicted octanol–water partition coefficient (Wildman–Crippen LogP) is 10.9. The summed E-state index contributed by atoms with van der Waals surface area (Å²) in [5.41, 5.74) is 7.97. The second kappa shape index (κ2) is 8.28. The Morgan fingerprint density at radius 1 is 0.467 bits per heavy atom. The van der Waals surface area contributed by atoms with Crippen LogP contribution in [0.1, 0.15) is 0 Å². The van der Waals surface area contributed by atoms with Crippen molar-refractivity contribution in [3.8, 4) is 5.69 Å². The summed E-state index contributed by atoms with van der Waals surface area (Å²) in [6.07, 6.45) is 0. The molecular formula is C41H23N3O. The minimum absolute atomic E-state index is 0.870. The normalized spacial score (nSPS) is 12.4. The van der Waals surface area contributed by atoms with Crippen molar-refractivity contribution < 1.29 is 4.42 Å². The first-order chi connectivity index (χ1) is 22.3. The Bertz CT molecular complexity index is 2980. The molecule has 11 rings (SSSR count). The Morgan fingerprint density at radius 2 is 1.04 bits per heavy atom. The molecule has 208 valence electrons. The van der Waals surface area contributed by atoms with Gasteiger partial charge in [-0.1, -0.05) is 103 Å². The van der Waals surface area contributed by atoms with Crippen LogP contribution in [-0.4, -0.2) is 14.0 Å². The van der Waals surface area contributed by atoms with E-state index in [1.54, 1.807) is 0 Å². The van der Waals surface area contributed by atoms with Crippen LogP contribution in [0, 0.1) is 0 Å². The maximum atomic E-state index is 6.74. The molecular weight excluding hydrogens is 550 g/mol. The van der Waals surface area contributed by atoms with E-state index in [1.165, 1.54) is 32.3 Å². The van der Waals surface area contributed by atoms with Crippen LogP contribution < -0.4 is 0 Å². The summed E-state index contributed by atoms with van der Waals surface area (Å²) < 4.78 is 11.5. The molecule has 11 aromatic rings. The van der Waals surface area contributed by atoms with E-state index >= 15 is 0 Å². The van der Waals surface area contributed by atoms with Gasteiger partial charge in [0.25, 0.3) is 0 Å². The molecule has 0 amide bonds. The van der Waals surface area contributed by atoms with E-state index in [0.717, 1.165) is 66.2 Å². The minimum atomic E-state index is 0.870. The van der Waals surface area contributed by atoms with Crippen molar-refractivity contribution in [1.29, 1.82) is 0 Å². The van der Waals surface area contributed by atoms with Gasteiger partial charge >= 0.3 is 0 Å². The van der Waals surface area contributed by atoms with E-state index in [9.17, 15) is 0 Å². The number of hydrogen-bond acceptors (Lipinski definition) is 2. The molecule has 45 heavy (non-hydrogen) atoms. The van der Waals surface area contributed by atoms with Crippen molar-refractivity contribution in [3.05, 3.63) is 140 Å². The second-order valence-corrected chi connectivity index (χ2v) is 11.9. The molecule has 0 bridgehead atoms. The molecule has 4 aromatic heterocycles. The molecule has 7 aromatic carbocycles. The van der Waals surface area contributed by atoms with Crippen molar-refractivity contribution in [2.24, 2.45) is 0 Å². The Labute approximate surface area is 255 Å². The molecule has 0 spiro atoms. The fraction of sp³-hybridized carbons (Fsp3) is 0. The number of rotatable bonds is 1. The lowest BCUT2D eigenvalue weighted by Gasteiger charge is -2.14. The number of pyridine rings is 1. The van der Waals surface area contributed by atoms with Gasteiger partial charge in [-0.2, -0.15) is 0 Å². The van der Waals surface area contributed by atoms with Crippen LogP contribution in [-0.2, 0) is 0 Å². The van der Waals surface area contributed by atoms with Crippen LogP contribution in [0.4, 0.5) is 0 Å². The molecule has 4 heteroatoms. The smallest absolute Gasteiger partial charge is 0.151 e. The number of para-hydroxylation sites is 4. The third-order valence-electron chi connectivity index (χ3n) is 9.65. The number of aromatic nitrogens is 3. The lowest BCUT2D eigenvalue weighted by atomic mass is 9.94. The van der Waals surface area contributed by atoms with Gasteiger partial charge in [0, 0.05) is 16.5 Å². The molecule has 0 atom stereocenters. The van der Waals surface area contributed by atoms with Crippen LogP contribution in [0.15, 0.2) is 144 Å². The fourth-order valence-corrected chi connectivity index (χ4v) is 7.81. The summed E-state index contributed by atoms with van der Waals surface area (Å²) in [4.78, 5) is 5.24. The zero-order chi connectivity index (χ0) is 29.2. The van der Waals surface area contributed by atoms with Gasteiger partial charge in [-0.15, -0.1) is 0 Å². The largest absolute Gasteiger partial charge is 0.455 e. The van der Waals surface area contributed by atoms with Crippen LogP contribution in [0.5, 0.6) is 0 Å². The summed E-state index contributed by atoms with van der Waals surface area (Å²) in [7, 11) is 0. The maximum absolute atomic E-state index is 6.74. The number of nitrogens with zero attached hydrogens (tertiary/aromatic N) is 3. The molecule has 0 aliphatic carbocycles. The van der Waals surface area contributed by atoms with E-state index in [1.807, 2.05) is 6.07 Å². The van der Waals surface area contributed by atoms with Gasteiger partial charge < -0.3 is 4.42 Å². The summed E-state index contributed by atoms with van der Waals surface area (Å²) >= 11 is 0. The topological polar surface area (TPSA) is 35.4 Å². The van der Waals surface area contributed by atoms with Gasteiger partial charge in [0.05, 0.1) is 27.3 Å². The maximum Gasteiger partial charge on any atom is 0.151 e. The van der Waals surface area contributed by atoms with Crippen LogP contribution >= 0.6 is 0 Å². The Morgan fingerprint density at radius 3 is 1.80 bits per heavy atom. The van der Waals surface area contributed by atoms with Crippen LogP contribution in [0.25, 0.3) is 98.6 Å². The number of furan rings is 1. The molecule has 0 aliphatic rings. The monoisotopic (exact) mass is 573 g/mol. The highest BCUT2D eigenvalue weighted by Crippen LogP contribution is 2.44. The lowest BCUT2D eigenvalue weighted by molar-refractivity contribution is 0.673. The van der Waals surface area contributed by atoms with E-state index in [4.69, 9.17) is 9.40 Å². The quantitative estimate of drug-likeness (QED) is 0.183. The average Bonchev–Trinajstić information content (AvgIpc) is 3.78. The van der Waals surface area contributed by atoms with Crippen LogP contribution in [0.2, 0.25) is 0 Å². The first-order valence-corrected chi connectivity index (χ1v) is 15.3. The highest BCUT2D eigenvalue weighted by Gasteiger charge is 2.25. The van der Waals surface area contributed by atoms with Gasteiger partial charge in [0.1, 0.15) is 11.2 Å². The Balaban J connectivity index is 1.40. The zero-order valence-corrected chi connectivity index (χ0v) is 24.0. The number of benzene rings is 7. The van der Waals surface area contributed by atoms with Crippen molar-refractivity contribution in [3.63, 3.8) is 0 Å². The number of imidazole rings is 1. The van der Waals surface area contributed by atoms with Gasteiger partial charge in [-0.25, -0.2) is 4.98 Å². The fourth-order valence-electron chi connectivity index (χ4n) is 7.81. The van der Waals surface area contributed by atoms with Gasteiger partial charge in [0.15, 0.2) is 11.2 Å². The first-order valence-electron chi connectivity index (χ1n) is 15.3. The molecule has 4 heterocycles. The highest BCUT2D eigenvalue weighted by atomic mass is 16.3. The highest BCUT2D eigenvalue weighted by molar-refractivity contribution is 6.28. The summed E-state index contributed by atoms with van der Waals surface area (Å²) in [6, 6.07) is 49.9. The van der Waals surface area contributed by atoms with Gasteiger partial charge in [-0.3, -0.25) is 8.97 Å². The van der Waals surface area contributed by atoms with E-state index in [0.29, 0.717) is 0 Å². The first kappa shape index (κ1) is 23.3. The predicted molar refractivity (Wildman–Crippen MR) is 187 cm³/mol. The van der Waals surface area contributed by atoms with Crippen molar-refractivity contribution in [2.45, 2.75) is 0 Å². The number of hydrogen-bond donors (Lipinski definition) is 0. The van der Waals surface area contributed by atoms with Crippen molar-refractivity contribution in [1.82, 2.24) is 14.0 Å². The molecule has 0 saturated carbocycles. The SMILES string of the molecule is c1ccc2c(c1)nc1c3c4ccccc4oc3c3c4ccccc4n(-c4ccc5c6ccccc6c6ccccc6c5c4)c3n21. The second-order valence-electron chi connectivity index (χ2n) is 11.9. The molecule has 0 aliphatic heterocycles. The summed E-state index contributed by atoms with van der Waals surface area (Å²) in [6.45, 7) is 0. The third kappa shape index (κ3) is 2.89. The molecule has 0 N–H and O–H groups in total. The van der Waals surface area contributed by atoms with Gasteiger partial charge in [-0.05, 0) is 68.7 Å². The Hall–Kier alpha value is -6.13. The minimum Gasteiger partial charge on any atom is -0.455 e. The molecule has 0 fully saturated rings. The van der Waals surface area contributed by atoms with Gasteiger partial charge in [0.2, 0.25) is 0 Å². The Kier molecular flexibility index (Phi) is 4.29. The molecule has 4 nitrogen and oxygen atoms in total. The van der Waals surface area contributed by atoms with Crippen LogP contribution in [0.3, 0.4) is 0 Å². The van der Waals surface area contributed by atoms with Crippen molar-refractivity contribution >= 4 is 92.9 Å². The standard InChI is InChI=1S/C41H23N3O/c1-2-13-27-25(11-1)26-12-3-4-14-28(26)32-23-24(21-22-29(27)32)43-34-18-8-5-15-30(34)38-39-37(31-16-6-10-20-36(31)45-39)40-42-33-17-7-9-19-35(33)44(40)41(38)43/h1-23H. The van der Waals surface area contributed by atoms with Crippen molar-refractivity contribution in [2.75, 3.05) is 0 Å².